The molecule has 1 aliphatic rings. The monoisotopic (exact) mass is 309 g/mol. The number of benzene rings is 1. The quantitative estimate of drug-likeness (QED) is 0.826. The molecule has 5 heteroatoms. The van der Waals surface area contributed by atoms with Crippen molar-refractivity contribution in [3.63, 3.8) is 0 Å². The normalized spacial score (nSPS) is 19.0. The summed E-state index contributed by atoms with van der Waals surface area (Å²) in [4.78, 5) is 2.27. The highest BCUT2D eigenvalue weighted by Crippen LogP contribution is 2.22. The Morgan fingerprint density at radius 3 is 3.00 bits per heavy atom. The van der Waals surface area contributed by atoms with Crippen LogP contribution < -0.4 is 0 Å². The number of hydrogen-bond acceptors (Lipinski definition) is 4. The van der Waals surface area contributed by atoms with Gasteiger partial charge >= 0.3 is 0 Å². The molecule has 2 heterocycles. The highest BCUT2D eigenvalue weighted by molar-refractivity contribution is 7.17. The van der Waals surface area contributed by atoms with E-state index in [1.165, 1.54) is 15.6 Å². The molecule has 1 atom stereocenters. The molecule has 2 aromatic rings. The molecule has 1 saturated heterocycles. The number of ether oxygens (including phenoxy) is 1. The van der Waals surface area contributed by atoms with Crippen LogP contribution in [-0.2, 0) is 11.2 Å². The van der Waals surface area contributed by atoms with E-state index < -0.39 is 0 Å². The largest absolute Gasteiger partial charge is 0.412 e. The van der Waals surface area contributed by atoms with Crippen molar-refractivity contribution in [2.45, 2.75) is 18.9 Å². The smallest absolute Gasteiger partial charge is 0.0679 e. The van der Waals surface area contributed by atoms with Gasteiger partial charge in [0.2, 0.25) is 0 Å². The van der Waals surface area contributed by atoms with Gasteiger partial charge in [-0.15, -0.1) is 11.3 Å². The van der Waals surface area contributed by atoms with Crippen LogP contribution in [0.1, 0.15) is 12.0 Å². The zero-order valence-electron chi connectivity index (χ0n) is 12.1. The molecule has 116 valence electrons. The van der Waals surface area contributed by atoms with E-state index in [1.54, 1.807) is 11.3 Å². The summed E-state index contributed by atoms with van der Waals surface area (Å²) in [5.41, 5.74) is 1.34. The number of likely N-dealkylation sites (tertiary alicyclic amines) is 1. The molecule has 0 bridgehead atoms. The van der Waals surface area contributed by atoms with Crippen molar-refractivity contribution in [2.24, 2.45) is 0 Å². The molecule has 0 radical (unpaired) electrons. The minimum absolute atomic E-state index is 0. The van der Waals surface area contributed by atoms with Crippen LogP contribution in [0.25, 0.3) is 10.1 Å². The van der Waals surface area contributed by atoms with Crippen molar-refractivity contribution in [1.82, 2.24) is 4.90 Å². The third kappa shape index (κ3) is 4.49. The number of thiophene rings is 1. The first-order valence-corrected chi connectivity index (χ1v) is 8.13. The van der Waals surface area contributed by atoms with E-state index in [4.69, 9.17) is 4.74 Å². The third-order valence-corrected chi connectivity index (χ3v) is 4.73. The molecule has 1 aliphatic heterocycles. The zero-order valence-corrected chi connectivity index (χ0v) is 12.9. The number of aliphatic hydroxyl groups is 1. The molecule has 0 aliphatic carbocycles. The van der Waals surface area contributed by atoms with Gasteiger partial charge in [0, 0.05) is 24.3 Å². The summed E-state index contributed by atoms with van der Waals surface area (Å²) in [6, 6.07) is 8.80. The van der Waals surface area contributed by atoms with E-state index >= 15 is 0 Å². The maximum absolute atomic E-state index is 9.44. The summed E-state index contributed by atoms with van der Waals surface area (Å²) in [5, 5.41) is 12.9. The number of rotatable bonds is 6. The Balaban J connectivity index is 0.00000161. The van der Waals surface area contributed by atoms with Crippen molar-refractivity contribution in [3.05, 3.63) is 35.2 Å². The van der Waals surface area contributed by atoms with Crippen molar-refractivity contribution >= 4 is 21.4 Å². The number of aliphatic hydroxyl groups excluding tert-OH is 1. The van der Waals surface area contributed by atoms with Crippen molar-refractivity contribution in [2.75, 3.05) is 32.8 Å². The molecule has 1 fully saturated rings. The SMILES string of the molecule is O.O[C@H]1CCN(CCOCCc2ccc3ccsc3c2)C1. The number of fused-ring (bicyclic) bond motifs is 1. The first kappa shape index (κ1) is 16.4. The second-order valence-corrected chi connectivity index (χ2v) is 6.35. The Kier molecular flexibility index (Phi) is 6.14. The van der Waals surface area contributed by atoms with Crippen molar-refractivity contribution < 1.29 is 15.3 Å². The molecule has 0 spiro atoms. The summed E-state index contributed by atoms with van der Waals surface area (Å²) >= 11 is 1.79. The molecule has 21 heavy (non-hydrogen) atoms. The molecule has 0 saturated carbocycles. The van der Waals surface area contributed by atoms with Crippen LogP contribution in [0.2, 0.25) is 0 Å². The van der Waals surface area contributed by atoms with Gasteiger partial charge in [-0.25, -0.2) is 0 Å². The second-order valence-electron chi connectivity index (χ2n) is 5.40. The summed E-state index contributed by atoms with van der Waals surface area (Å²) in [6.07, 6.45) is 1.74. The molecule has 3 N–H and O–H groups in total. The van der Waals surface area contributed by atoms with E-state index in [1.807, 2.05) is 0 Å². The Morgan fingerprint density at radius 2 is 2.19 bits per heavy atom. The average molecular weight is 309 g/mol. The predicted octanol–water partition coefficient (Wildman–Crippen LogP) is 1.70. The molecule has 1 aromatic heterocycles. The van der Waals surface area contributed by atoms with Crippen molar-refractivity contribution in [1.29, 1.82) is 0 Å². The molecule has 0 amide bonds. The second kappa shape index (κ2) is 7.87. The number of hydrogen-bond donors (Lipinski definition) is 1. The fourth-order valence-electron chi connectivity index (χ4n) is 2.66. The van der Waals surface area contributed by atoms with Gasteiger partial charge in [-0.3, -0.25) is 4.90 Å². The van der Waals surface area contributed by atoms with Crippen LogP contribution in [0, 0.1) is 0 Å². The van der Waals surface area contributed by atoms with Gasteiger partial charge < -0.3 is 15.3 Å². The van der Waals surface area contributed by atoms with E-state index in [-0.39, 0.29) is 11.6 Å². The lowest BCUT2D eigenvalue weighted by molar-refractivity contribution is 0.106. The topological polar surface area (TPSA) is 64.2 Å². The molecule has 0 unspecified atom stereocenters. The van der Waals surface area contributed by atoms with E-state index in [0.29, 0.717) is 0 Å². The van der Waals surface area contributed by atoms with Gasteiger partial charge in [-0.1, -0.05) is 12.1 Å². The Labute approximate surface area is 129 Å². The molecular formula is C16H23NO3S. The molecule has 4 nitrogen and oxygen atoms in total. The maximum Gasteiger partial charge on any atom is 0.0679 e. The first-order valence-electron chi connectivity index (χ1n) is 7.25. The first-order chi connectivity index (χ1) is 9.81. The van der Waals surface area contributed by atoms with Crippen molar-refractivity contribution in [3.8, 4) is 0 Å². The van der Waals surface area contributed by atoms with Gasteiger partial charge in [0.1, 0.15) is 0 Å². The maximum atomic E-state index is 9.44. The Hall–Kier alpha value is -0.980. The van der Waals surface area contributed by atoms with Crippen LogP contribution in [-0.4, -0.2) is 54.4 Å². The zero-order chi connectivity index (χ0) is 13.8. The van der Waals surface area contributed by atoms with Crippen LogP contribution in [0.3, 0.4) is 0 Å². The van der Waals surface area contributed by atoms with E-state index in [9.17, 15) is 5.11 Å². The summed E-state index contributed by atoms with van der Waals surface area (Å²) in [5.74, 6) is 0. The Bertz CT molecular complexity index is 557. The third-order valence-electron chi connectivity index (χ3n) is 3.86. The lowest BCUT2D eigenvalue weighted by Crippen LogP contribution is -2.26. The van der Waals surface area contributed by atoms with Gasteiger partial charge in [-0.2, -0.15) is 0 Å². The van der Waals surface area contributed by atoms with E-state index in [0.717, 1.165) is 45.7 Å². The molecule has 3 rings (SSSR count). The van der Waals surface area contributed by atoms with Gasteiger partial charge in [0.15, 0.2) is 0 Å². The Morgan fingerprint density at radius 1 is 1.29 bits per heavy atom. The average Bonchev–Trinajstić information content (AvgIpc) is 3.06. The minimum Gasteiger partial charge on any atom is -0.412 e. The van der Waals surface area contributed by atoms with E-state index in [2.05, 4.69) is 34.5 Å². The highest BCUT2D eigenvalue weighted by atomic mass is 32.1. The summed E-state index contributed by atoms with van der Waals surface area (Å²) in [6.45, 7) is 4.26. The fourth-order valence-corrected chi connectivity index (χ4v) is 3.51. The van der Waals surface area contributed by atoms with Gasteiger partial charge in [0.05, 0.1) is 19.3 Å². The number of nitrogens with zero attached hydrogens (tertiary/aromatic N) is 1. The van der Waals surface area contributed by atoms with Crippen LogP contribution >= 0.6 is 11.3 Å². The van der Waals surface area contributed by atoms with Crippen LogP contribution in [0.15, 0.2) is 29.6 Å². The molecule has 1 aromatic carbocycles. The molecular weight excluding hydrogens is 286 g/mol. The fraction of sp³-hybridized carbons (Fsp3) is 0.500. The van der Waals surface area contributed by atoms with Crippen LogP contribution in [0.4, 0.5) is 0 Å². The van der Waals surface area contributed by atoms with Gasteiger partial charge in [0.25, 0.3) is 0 Å². The minimum atomic E-state index is -0.132. The predicted molar refractivity (Wildman–Crippen MR) is 87.0 cm³/mol. The number of β-amino-alcohol motifs (C(OH)–C–C–N with tert-alkyl or cyclic N) is 1. The standard InChI is InChI=1S/C16H21NO2S.H2O/c18-15-3-6-17(12-15)7-9-19-8-4-13-1-2-14-5-10-20-16(14)11-13;/h1-2,5,10-11,15,18H,3-4,6-9,12H2;1H2/t15-;/m0./s1. The lowest BCUT2D eigenvalue weighted by Gasteiger charge is -2.14. The summed E-state index contributed by atoms with van der Waals surface area (Å²) in [7, 11) is 0. The summed E-state index contributed by atoms with van der Waals surface area (Å²) < 4.78 is 7.06. The van der Waals surface area contributed by atoms with Crippen LogP contribution in [0.5, 0.6) is 0 Å². The van der Waals surface area contributed by atoms with Gasteiger partial charge in [-0.05, 0) is 41.3 Å². The highest BCUT2D eigenvalue weighted by Gasteiger charge is 2.19. The lowest BCUT2D eigenvalue weighted by atomic mass is 10.1.